The predicted molar refractivity (Wildman–Crippen MR) is 113 cm³/mol. The van der Waals surface area contributed by atoms with Gasteiger partial charge in [0.15, 0.2) is 6.39 Å². The van der Waals surface area contributed by atoms with Gasteiger partial charge in [-0.3, -0.25) is 9.59 Å². The number of oxazole rings is 1. The summed E-state index contributed by atoms with van der Waals surface area (Å²) in [6.07, 6.45) is 5.94. The molecule has 0 aliphatic carbocycles. The molecule has 0 bridgehead atoms. The molecule has 0 spiro atoms. The fraction of sp³-hybridized carbons (Fsp3) is 0.174. The first-order chi connectivity index (χ1) is 14.3. The van der Waals surface area contributed by atoms with Crippen molar-refractivity contribution in [2.45, 2.75) is 26.2 Å². The number of aromatic amines is 2. The molecule has 4 aromatic rings. The molecule has 0 unspecified atom stereocenters. The summed E-state index contributed by atoms with van der Waals surface area (Å²) in [6, 6.07) is 11.4. The summed E-state index contributed by atoms with van der Waals surface area (Å²) in [7, 11) is 0. The lowest BCUT2D eigenvalue weighted by atomic mass is 9.92. The lowest BCUT2D eigenvalue weighted by Crippen LogP contribution is -2.46. The van der Waals surface area contributed by atoms with Crippen molar-refractivity contribution in [2.75, 3.05) is 0 Å². The molecule has 4 rings (SSSR count). The van der Waals surface area contributed by atoms with Crippen LogP contribution in [0.5, 0.6) is 0 Å². The first-order valence-corrected chi connectivity index (χ1v) is 9.45. The van der Waals surface area contributed by atoms with Crippen LogP contribution in [0.15, 0.2) is 67.5 Å². The summed E-state index contributed by atoms with van der Waals surface area (Å²) in [5, 5.41) is 0.238. The Labute approximate surface area is 171 Å². The number of nitrogens with one attached hydrogen (secondary N) is 2. The van der Waals surface area contributed by atoms with E-state index in [1.807, 2.05) is 51.1 Å². The molecule has 0 aliphatic rings. The second-order valence-electron chi connectivity index (χ2n) is 7.95. The van der Waals surface area contributed by atoms with Crippen LogP contribution >= 0.6 is 0 Å². The number of hydrogen-bond donors (Lipinski definition) is 2. The molecule has 0 radical (unpaired) electrons. The summed E-state index contributed by atoms with van der Waals surface area (Å²) >= 11 is 0. The number of furan rings is 1. The molecule has 3 heterocycles. The lowest BCUT2D eigenvalue weighted by Gasteiger charge is -2.14. The van der Waals surface area contributed by atoms with Crippen LogP contribution in [-0.4, -0.2) is 15.0 Å². The lowest BCUT2D eigenvalue weighted by molar-refractivity contribution is 0.407. The Morgan fingerprint density at radius 3 is 2.27 bits per heavy atom. The zero-order chi connectivity index (χ0) is 21.3. The first-order valence-electron chi connectivity index (χ1n) is 9.45. The average Bonchev–Trinajstić information content (AvgIpc) is 3.36. The van der Waals surface area contributed by atoms with Gasteiger partial charge in [0.2, 0.25) is 0 Å². The molecule has 0 aliphatic heterocycles. The Balaban J connectivity index is 1.74. The van der Waals surface area contributed by atoms with E-state index in [0.29, 0.717) is 22.8 Å². The third-order valence-corrected chi connectivity index (χ3v) is 4.53. The Hall–Kier alpha value is -3.87. The zero-order valence-electron chi connectivity index (χ0n) is 16.9. The minimum Gasteiger partial charge on any atom is -0.464 e. The fourth-order valence-corrected chi connectivity index (χ4v) is 3.10. The highest BCUT2D eigenvalue weighted by Gasteiger charge is 2.21. The van der Waals surface area contributed by atoms with Crippen molar-refractivity contribution in [3.63, 3.8) is 0 Å². The monoisotopic (exact) mass is 403 g/mol. The Kier molecular flexibility index (Phi) is 4.87. The highest BCUT2D eigenvalue weighted by atomic mass is 16.3. The third kappa shape index (κ3) is 3.96. The van der Waals surface area contributed by atoms with Crippen LogP contribution in [0, 0.1) is 0 Å². The fourth-order valence-electron chi connectivity index (χ4n) is 3.10. The summed E-state index contributed by atoms with van der Waals surface area (Å²) in [6.45, 7) is 5.93. The molecular formula is C23H21N3O4. The first kappa shape index (κ1) is 19.4. The van der Waals surface area contributed by atoms with Crippen molar-refractivity contribution in [2.24, 2.45) is 0 Å². The minimum atomic E-state index is -0.435. The van der Waals surface area contributed by atoms with Crippen molar-refractivity contribution in [1.82, 2.24) is 15.0 Å². The van der Waals surface area contributed by atoms with E-state index >= 15 is 0 Å². The summed E-state index contributed by atoms with van der Waals surface area (Å²) in [5.74, 6) is 1.30. The molecule has 0 saturated carbocycles. The van der Waals surface area contributed by atoms with Gasteiger partial charge in [0.05, 0.1) is 6.26 Å². The van der Waals surface area contributed by atoms with Gasteiger partial charge in [-0.2, -0.15) is 0 Å². The van der Waals surface area contributed by atoms with Gasteiger partial charge in [-0.25, -0.2) is 4.98 Å². The van der Waals surface area contributed by atoms with E-state index in [9.17, 15) is 9.59 Å². The standard InChI is InChI=1S/C23H21N3O4/c1-23(2,3)20-16(24-13-30-20)11-18-22(28)25-17(21(27)26-18)9-14-10-19(29-12-14)15-7-5-4-6-8-15/h4-13H,1-3H3,(H,25,28)(H,26,27)/b17-9-,18-11-. The maximum absolute atomic E-state index is 12.5. The molecule has 0 amide bonds. The van der Waals surface area contributed by atoms with Crippen LogP contribution in [-0.2, 0) is 5.41 Å². The van der Waals surface area contributed by atoms with Crippen molar-refractivity contribution in [3.05, 3.63) is 97.5 Å². The maximum Gasteiger partial charge on any atom is 0.272 e. The Morgan fingerprint density at radius 1 is 0.933 bits per heavy atom. The van der Waals surface area contributed by atoms with Crippen LogP contribution in [0.3, 0.4) is 0 Å². The molecule has 2 N–H and O–H groups in total. The molecule has 0 fully saturated rings. The van der Waals surface area contributed by atoms with Crippen LogP contribution in [0.4, 0.5) is 0 Å². The second-order valence-corrected chi connectivity index (χ2v) is 7.95. The number of rotatable bonds is 3. The zero-order valence-corrected chi connectivity index (χ0v) is 16.9. The van der Waals surface area contributed by atoms with E-state index in [2.05, 4.69) is 15.0 Å². The average molecular weight is 403 g/mol. The smallest absolute Gasteiger partial charge is 0.272 e. The number of aromatic nitrogens is 3. The number of H-pyrrole nitrogens is 2. The van der Waals surface area contributed by atoms with Gasteiger partial charge >= 0.3 is 0 Å². The van der Waals surface area contributed by atoms with Gasteiger partial charge in [-0.15, -0.1) is 0 Å². The van der Waals surface area contributed by atoms with Gasteiger partial charge in [0.25, 0.3) is 11.1 Å². The minimum absolute atomic E-state index is 0.105. The predicted octanol–water partition coefficient (Wildman–Crippen LogP) is 2.27. The van der Waals surface area contributed by atoms with E-state index in [-0.39, 0.29) is 16.1 Å². The Bertz CT molecular complexity index is 1410. The summed E-state index contributed by atoms with van der Waals surface area (Å²) in [4.78, 5) is 34.5. The molecule has 3 aromatic heterocycles. The van der Waals surface area contributed by atoms with Gasteiger partial charge in [0, 0.05) is 16.5 Å². The van der Waals surface area contributed by atoms with Crippen molar-refractivity contribution in [3.8, 4) is 11.3 Å². The van der Waals surface area contributed by atoms with E-state index in [1.54, 1.807) is 12.1 Å². The molecule has 0 saturated heterocycles. The molecule has 1 aromatic carbocycles. The summed E-state index contributed by atoms with van der Waals surface area (Å²) < 4.78 is 11.0. The van der Waals surface area contributed by atoms with Crippen LogP contribution in [0.25, 0.3) is 23.5 Å². The van der Waals surface area contributed by atoms with Crippen molar-refractivity contribution >= 4 is 12.2 Å². The third-order valence-electron chi connectivity index (χ3n) is 4.53. The van der Waals surface area contributed by atoms with Crippen molar-refractivity contribution in [1.29, 1.82) is 0 Å². The van der Waals surface area contributed by atoms with E-state index < -0.39 is 11.1 Å². The van der Waals surface area contributed by atoms with Gasteiger partial charge in [0.1, 0.15) is 27.9 Å². The molecule has 152 valence electrons. The summed E-state index contributed by atoms with van der Waals surface area (Å²) in [5.41, 5.74) is 0.938. The van der Waals surface area contributed by atoms with Gasteiger partial charge < -0.3 is 18.8 Å². The van der Waals surface area contributed by atoms with Crippen LogP contribution in [0.1, 0.15) is 37.8 Å². The maximum atomic E-state index is 12.5. The van der Waals surface area contributed by atoms with Gasteiger partial charge in [-0.05, 0) is 18.2 Å². The topological polar surface area (TPSA) is 105 Å². The highest BCUT2D eigenvalue weighted by Crippen LogP contribution is 2.25. The molecule has 7 heteroatoms. The highest BCUT2D eigenvalue weighted by molar-refractivity contribution is 5.62. The molecule has 30 heavy (non-hydrogen) atoms. The quantitative estimate of drug-likeness (QED) is 0.546. The molecule has 0 atom stereocenters. The second kappa shape index (κ2) is 7.51. The van der Waals surface area contributed by atoms with E-state index in [1.165, 1.54) is 18.7 Å². The van der Waals surface area contributed by atoms with Crippen LogP contribution < -0.4 is 21.8 Å². The number of hydrogen-bond acceptors (Lipinski definition) is 5. The number of benzene rings is 1. The normalized spacial score (nSPS) is 13.2. The number of nitrogens with zero attached hydrogens (tertiary/aromatic N) is 1. The largest absolute Gasteiger partial charge is 0.464 e. The van der Waals surface area contributed by atoms with Crippen molar-refractivity contribution < 1.29 is 8.83 Å². The van der Waals surface area contributed by atoms with E-state index in [0.717, 1.165) is 5.56 Å². The van der Waals surface area contributed by atoms with Gasteiger partial charge in [-0.1, -0.05) is 51.1 Å². The Morgan fingerprint density at radius 2 is 1.60 bits per heavy atom. The SMILES string of the molecule is CC(C)(C)c1ocnc1/C=c1\[nH]c(=O)/c(=C/c2coc(-c3ccccc3)c2)[nH]c1=O. The molecular weight excluding hydrogens is 382 g/mol. The molecule has 7 nitrogen and oxygen atoms in total. The van der Waals surface area contributed by atoms with Crippen LogP contribution in [0.2, 0.25) is 0 Å². The van der Waals surface area contributed by atoms with E-state index in [4.69, 9.17) is 8.83 Å².